The third-order valence-corrected chi connectivity index (χ3v) is 4.04. The lowest BCUT2D eigenvalue weighted by atomic mass is 10.0. The zero-order valence-corrected chi connectivity index (χ0v) is 15.4. The third-order valence-electron chi connectivity index (χ3n) is 4.04. The van der Waals surface area contributed by atoms with Crippen LogP contribution in [0.1, 0.15) is 25.0 Å². The zero-order valence-electron chi connectivity index (χ0n) is 15.4. The number of carboxylic acids is 1. The molecular formula is C21H25NO4. The van der Waals surface area contributed by atoms with Gasteiger partial charge < -0.3 is 14.7 Å². The normalized spacial score (nSPS) is 11.8. The van der Waals surface area contributed by atoms with Crippen LogP contribution >= 0.6 is 0 Å². The Morgan fingerprint density at radius 2 is 1.69 bits per heavy atom. The van der Waals surface area contributed by atoms with Crippen LogP contribution in [0.25, 0.3) is 0 Å². The molecule has 0 saturated heterocycles. The molecule has 0 aliphatic rings. The van der Waals surface area contributed by atoms with Crippen molar-refractivity contribution >= 4 is 11.9 Å². The smallest absolute Gasteiger partial charge is 0.326 e. The monoisotopic (exact) mass is 355 g/mol. The standard InChI is InChI=1S/C21H25NO4/c1-15(2)26-18-11-7-10-17(12-18)14-20(23)22(3)19(21(24)25)13-16-8-5-4-6-9-16/h4-12,15,19H,13-14H2,1-3H3,(H,24,25). The third kappa shape index (κ3) is 5.62. The van der Waals surface area contributed by atoms with Crippen LogP contribution in [0.4, 0.5) is 0 Å². The van der Waals surface area contributed by atoms with Crippen LogP contribution in [-0.4, -0.2) is 41.1 Å². The van der Waals surface area contributed by atoms with Crippen molar-refractivity contribution < 1.29 is 19.4 Å². The van der Waals surface area contributed by atoms with E-state index in [1.54, 1.807) is 7.05 Å². The van der Waals surface area contributed by atoms with E-state index in [0.717, 1.165) is 11.1 Å². The summed E-state index contributed by atoms with van der Waals surface area (Å²) in [7, 11) is 1.54. The SMILES string of the molecule is CC(C)Oc1cccc(CC(=O)N(C)C(Cc2ccccc2)C(=O)O)c1. The van der Waals surface area contributed by atoms with E-state index in [2.05, 4.69) is 0 Å². The van der Waals surface area contributed by atoms with E-state index in [1.807, 2.05) is 68.4 Å². The summed E-state index contributed by atoms with van der Waals surface area (Å²) in [5.74, 6) is -0.552. The molecule has 0 aliphatic heterocycles. The van der Waals surface area contributed by atoms with Crippen LogP contribution in [0.2, 0.25) is 0 Å². The molecule has 2 aromatic rings. The van der Waals surface area contributed by atoms with Crippen molar-refractivity contribution in [1.29, 1.82) is 0 Å². The molecule has 26 heavy (non-hydrogen) atoms. The highest BCUT2D eigenvalue weighted by molar-refractivity contribution is 5.85. The van der Waals surface area contributed by atoms with Crippen LogP contribution in [0, 0.1) is 0 Å². The van der Waals surface area contributed by atoms with Gasteiger partial charge in [-0.15, -0.1) is 0 Å². The number of carbonyl (C=O) groups is 2. The maximum absolute atomic E-state index is 12.6. The summed E-state index contributed by atoms with van der Waals surface area (Å²) >= 11 is 0. The number of carbonyl (C=O) groups excluding carboxylic acids is 1. The number of aliphatic carboxylic acids is 1. The van der Waals surface area contributed by atoms with E-state index in [1.165, 1.54) is 4.90 Å². The quantitative estimate of drug-likeness (QED) is 0.790. The molecule has 2 aromatic carbocycles. The summed E-state index contributed by atoms with van der Waals surface area (Å²) in [6.45, 7) is 3.87. The summed E-state index contributed by atoms with van der Waals surface area (Å²) in [5, 5.41) is 9.55. The maximum Gasteiger partial charge on any atom is 0.326 e. The van der Waals surface area contributed by atoms with Crippen molar-refractivity contribution in [2.45, 2.75) is 38.8 Å². The Labute approximate surface area is 154 Å². The van der Waals surface area contributed by atoms with Crippen LogP contribution in [0.3, 0.4) is 0 Å². The Kier molecular flexibility index (Phi) is 6.78. The van der Waals surface area contributed by atoms with E-state index in [4.69, 9.17) is 4.74 Å². The van der Waals surface area contributed by atoms with Crippen molar-refractivity contribution in [2.75, 3.05) is 7.05 Å². The van der Waals surface area contributed by atoms with E-state index in [0.29, 0.717) is 5.75 Å². The molecule has 0 saturated carbocycles. The topological polar surface area (TPSA) is 66.8 Å². The molecule has 0 heterocycles. The minimum atomic E-state index is -1.01. The molecular weight excluding hydrogens is 330 g/mol. The summed E-state index contributed by atoms with van der Waals surface area (Å²) in [6.07, 6.45) is 0.449. The second kappa shape index (κ2) is 9.04. The Balaban J connectivity index is 2.07. The number of likely N-dealkylation sites (N-methyl/N-ethyl adjacent to an activating group) is 1. The van der Waals surface area contributed by atoms with Crippen LogP contribution < -0.4 is 4.74 Å². The molecule has 5 heteroatoms. The minimum Gasteiger partial charge on any atom is -0.491 e. The molecule has 0 bridgehead atoms. The predicted molar refractivity (Wildman–Crippen MR) is 100 cm³/mol. The molecule has 0 spiro atoms. The van der Waals surface area contributed by atoms with Crippen LogP contribution in [0.15, 0.2) is 54.6 Å². The number of rotatable bonds is 8. The van der Waals surface area contributed by atoms with Crippen molar-refractivity contribution in [3.8, 4) is 5.75 Å². The van der Waals surface area contributed by atoms with Gasteiger partial charge in [0.2, 0.25) is 5.91 Å². The molecule has 0 aliphatic carbocycles. The van der Waals surface area contributed by atoms with E-state index in [9.17, 15) is 14.7 Å². The highest BCUT2D eigenvalue weighted by atomic mass is 16.5. The Morgan fingerprint density at radius 1 is 1.04 bits per heavy atom. The van der Waals surface area contributed by atoms with Gasteiger partial charge in [-0.05, 0) is 37.1 Å². The average Bonchev–Trinajstić information content (AvgIpc) is 2.59. The molecule has 5 nitrogen and oxygen atoms in total. The van der Waals surface area contributed by atoms with Gasteiger partial charge in [0.25, 0.3) is 0 Å². The predicted octanol–water partition coefficient (Wildman–Crippen LogP) is 3.17. The number of amides is 1. The van der Waals surface area contributed by atoms with Gasteiger partial charge in [-0.3, -0.25) is 4.79 Å². The zero-order chi connectivity index (χ0) is 19.1. The maximum atomic E-state index is 12.6. The van der Waals surface area contributed by atoms with Gasteiger partial charge in [-0.25, -0.2) is 4.79 Å². The first-order valence-corrected chi connectivity index (χ1v) is 8.65. The molecule has 1 unspecified atom stereocenters. The highest BCUT2D eigenvalue weighted by Gasteiger charge is 2.26. The van der Waals surface area contributed by atoms with Gasteiger partial charge in [-0.1, -0.05) is 42.5 Å². The van der Waals surface area contributed by atoms with Gasteiger partial charge >= 0.3 is 5.97 Å². The lowest BCUT2D eigenvalue weighted by molar-refractivity contribution is -0.148. The van der Waals surface area contributed by atoms with Crippen molar-refractivity contribution in [3.63, 3.8) is 0 Å². The van der Waals surface area contributed by atoms with Gasteiger partial charge in [0.05, 0.1) is 12.5 Å². The summed E-state index contributed by atoms with van der Waals surface area (Å²) < 4.78 is 5.64. The summed E-state index contributed by atoms with van der Waals surface area (Å²) in [5.41, 5.74) is 1.68. The van der Waals surface area contributed by atoms with Crippen molar-refractivity contribution in [1.82, 2.24) is 4.90 Å². The number of carboxylic acid groups (broad SMARTS) is 1. The number of hydrogen-bond acceptors (Lipinski definition) is 3. The molecule has 1 atom stereocenters. The second-order valence-electron chi connectivity index (χ2n) is 6.54. The first kappa shape index (κ1) is 19.5. The van der Waals surface area contributed by atoms with Gasteiger partial charge in [-0.2, -0.15) is 0 Å². The van der Waals surface area contributed by atoms with E-state index < -0.39 is 12.0 Å². The number of benzene rings is 2. The molecule has 0 fully saturated rings. The fourth-order valence-electron chi connectivity index (χ4n) is 2.70. The lowest BCUT2D eigenvalue weighted by Crippen LogP contribution is -2.44. The largest absolute Gasteiger partial charge is 0.491 e. The van der Waals surface area contributed by atoms with Crippen molar-refractivity contribution in [2.24, 2.45) is 0 Å². The first-order valence-electron chi connectivity index (χ1n) is 8.65. The molecule has 2 rings (SSSR count). The second-order valence-corrected chi connectivity index (χ2v) is 6.54. The Hall–Kier alpha value is -2.82. The number of nitrogens with zero attached hydrogens (tertiary/aromatic N) is 1. The van der Waals surface area contributed by atoms with Crippen LogP contribution in [-0.2, 0) is 22.4 Å². The first-order chi connectivity index (χ1) is 12.4. The Bertz CT molecular complexity index is 743. The van der Waals surface area contributed by atoms with Gasteiger partial charge in [0, 0.05) is 13.5 Å². The molecule has 0 aromatic heterocycles. The van der Waals surface area contributed by atoms with Crippen molar-refractivity contribution in [3.05, 3.63) is 65.7 Å². The fourth-order valence-corrected chi connectivity index (χ4v) is 2.70. The minimum absolute atomic E-state index is 0.0471. The summed E-state index contributed by atoms with van der Waals surface area (Å²) in [4.78, 5) is 25.6. The van der Waals surface area contributed by atoms with Crippen LogP contribution in [0.5, 0.6) is 5.75 Å². The summed E-state index contributed by atoms with van der Waals surface area (Å²) in [6, 6.07) is 15.7. The van der Waals surface area contributed by atoms with E-state index >= 15 is 0 Å². The lowest BCUT2D eigenvalue weighted by Gasteiger charge is -2.25. The molecule has 138 valence electrons. The highest BCUT2D eigenvalue weighted by Crippen LogP contribution is 2.17. The van der Waals surface area contributed by atoms with Gasteiger partial charge in [0.1, 0.15) is 11.8 Å². The van der Waals surface area contributed by atoms with Gasteiger partial charge in [0.15, 0.2) is 0 Å². The molecule has 1 N–H and O–H groups in total. The number of hydrogen-bond donors (Lipinski definition) is 1. The number of ether oxygens (including phenoxy) is 1. The fraction of sp³-hybridized carbons (Fsp3) is 0.333. The average molecular weight is 355 g/mol. The Morgan fingerprint density at radius 3 is 2.31 bits per heavy atom. The van der Waals surface area contributed by atoms with E-state index in [-0.39, 0.29) is 24.9 Å². The molecule has 1 amide bonds. The molecule has 0 radical (unpaired) electrons.